The van der Waals surface area contributed by atoms with Crippen LogP contribution in [0.5, 0.6) is 0 Å². The summed E-state index contributed by atoms with van der Waals surface area (Å²) < 4.78 is 0. The molecule has 6 heteroatoms. The topological polar surface area (TPSA) is 110 Å². The van der Waals surface area contributed by atoms with E-state index in [0.29, 0.717) is 5.69 Å². The number of hydrogen-bond acceptors (Lipinski definition) is 6. The molecule has 0 aromatic heterocycles. The number of rotatable bonds is 7. The number of carbonyl (C=O) groups excluding carboxylic acids is 1. The Bertz CT molecular complexity index is 406. The first-order chi connectivity index (χ1) is 8.95. The second-order valence-electron chi connectivity index (χ2n) is 4.37. The molecular formula is C13H19NO5. The Morgan fingerprint density at radius 3 is 2.32 bits per heavy atom. The van der Waals surface area contributed by atoms with Gasteiger partial charge in [-0.15, -0.1) is 0 Å². The van der Waals surface area contributed by atoms with Crippen LogP contribution < -0.4 is 5.32 Å². The Labute approximate surface area is 111 Å². The first-order valence-corrected chi connectivity index (χ1v) is 5.94. The van der Waals surface area contributed by atoms with Crippen molar-refractivity contribution in [3.63, 3.8) is 0 Å². The van der Waals surface area contributed by atoms with Crippen molar-refractivity contribution in [3.8, 4) is 0 Å². The van der Waals surface area contributed by atoms with Crippen molar-refractivity contribution in [1.29, 1.82) is 0 Å². The molecule has 0 aliphatic carbocycles. The highest BCUT2D eigenvalue weighted by molar-refractivity contribution is 5.87. The predicted octanol–water partition coefficient (Wildman–Crippen LogP) is -0.949. The fourth-order valence-corrected chi connectivity index (χ4v) is 1.47. The van der Waals surface area contributed by atoms with E-state index in [2.05, 4.69) is 5.32 Å². The molecule has 0 saturated heterocycles. The van der Waals surface area contributed by atoms with E-state index in [4.69, 9.17) is 10.2 Å². The molecule has 0 radical (unpaired) electrons. The van der Waals surface area contributed by atoms with Crippen LogP contribution in [0.3, 0.4) is 0 Å². The number of aryl methyl sites for hydroxylation is 1. The van der Waals surface area contributed by atoms with Crippen LogP contribution in [-0.4, -0.2) is 57.7 Å². The zero-order valence-corrected chi connectivity index (χ0v) is 10.7. The highest BCUT2D eigenvalue weighted by Gasteiger charge is 2.29. The summed E-state index contributed by atoms with van der Waals surface area (Å²) in [5.41, 5.74) is 1.79. The van der Waals surface area contributed by atoms with E-state index < -0.39 is 30.7 Å². The average Bonchev–Trinajstić information content (AvgIpc) is 2.43. The van der Waals surface area contributed by atoms with E-state index in [0.717, 1.165) is 5.56 Å². The summed E-state index contributed by atoms with van der Waals surface area (Å²) in [5, 5.41) is 39.4. The minimum absolute atomic E-state index is 0.181. The Balaban J connectivity index is 2.48. The minimum atomic E-state index is -1.74. The van der Waals surface area contributed by atoms with E-state index in [-0.39, 0.29) is 6.54 Å². The van der Waals surface area contributed by atoms with Gasteiger partial charge in [0.15, 0.2) is 5.78 Å². The number of Topliss-reactive ketones (excluding diaryl/α,β-unsaturated/α-hetero) is 1. The molecule has 0 amide bonds. The first-order valence-electron chi connectivity index (χ1n) is 5.94. The smallest absolute Gasteiger partial charge is 0.182 e. The van der Waals surface area contributed by atoms with Crippen molar-refractivity contribution in [3.05, 3.63) is 29.8 Å². The Hall–Kier alpha value is -1.47. The summed E-state index contributed by atoms with van der Waals surface area (Å²) in [6.07, 6.45) is -4.98. The quantitative estimate of drug-likeness (QED) is 0.436. The first kappa shape index (κ1) is 15.6. The summed E-state index contributed by atoms with van der Waals surface area (Å²) in [4.78, 5) is 11.6. The van der Waals surface area contributed by atoms with Crippen molar-refractivity contribution >= 4 is 11.5 Å². The number of nitrogens with one attached hydrogen (secondary N) is 1. The van der Waals surface area contributed by atoms with Crippen LogP contribution in [0, 0.1) is 6.92 Å². The van der Waals surface area contributed by atoms with Crippen molar-refractivity contribution < 1.29 is 25.2 Å². The molecule has 106 valence electrons. The molecule has 0 unspecified atom stereocenters. The van der Waals surface area contributed by atoms with Crippen LogP contribution in [0.2, 0.25) is 0 Å². The van der Waals surface area contributed by atoms with Crippen molar-refractivity contribution in [2.45, 2.75) is 25.2 Å². The average molecular weight is 269 g/mol. The van der Waals surface area contributed by atoms with Gasteiger partial charge >= 0.3 is 0 Å². The minimum Gasteiger partial charge on any atom is -0.394 e. The van der Waals surface area contributed by atoms with Crippen LogP contribution >= 0.6 is 0 Å². The van der Waals surface area contributed by atoms with Gasteiger partial charge < -0.3 is 25.7 Å². The lowest BCUT2D eigenvalue weighted by atomic mass is 10.0. The highest BCUT2D eigenvalue weighted by atomic mass is 16.4. The van der Waals surface area contributed by atoms with E-state index in [9.17, 15) is 15.0 Å². The molecule has 1 rings (SSSR count). The number of hydrogen-bond donors (Lipinski definition) is 5. The van der Waals surface area contributed by atoms with Gasteiger partial charge in [0.05, 0.1) is 13.2 Å². The zero-order valence-electron chi connectivity index (χ0n) is 10.7. The summed E-state index contributed by atoms with van der Waals surface area (Å²) in [6, 6.07) is 7.31. The summed E-state index contributed by atoms with van der Waals surface area (Å²) in [6.45, 7) is 1.03. The van der Waals surface area contributed by atoms with Gasteiger partial charge in [-0.05, 0) is 19.1 Å². The molecule has 0 fully saturated rings. The molecule has 0 bridgehead atoms. The van der Waals surface area contributed by atoms with Crippen LogP contribution in [0.15, 0.2) is 24.3 Å². The van der Waals surface area contributed by atoms with Crippen LogP contribution in [0.4, 0.5) is 5.69 Å². The molecule has 0 saturated carbocycles. The summed E-state index contributed by atoms with van der Waals surface area (Å²) in [7, 11) is 0. The number of aliphatic hydroxyl groups excluding tert-OH is 4. The SMILES string of the molecule is Cc1ccc(NCC(=O)[C@@H](O)[C@@H](O)[C@H](O)CO)cc1. The van der Waals surface area contributed by atoms with E-state index in [1.54, 1.807) is 12.1 Å². The van der Waals surface area contributed by atoms with Gasteiger partial charge in [0, 0.05) is 5.69 Å². The zero-order chi connectivity index (χ0) is 14.4. The molecule has 6 nitrogen and oxygen atoms in total. The molecule has 1 aromatic carbocycles. The monoisotopic (exact) mass is 269 g/mol. The number of ketones is 1. The van der Waals surface area contributed by atoms with Gasteiger partial charge in [0.1, 0.15) is 18.3 Å². The van der Waals surface area contributed by atoms with Gasteiger partial charge in [0.25, 0.3) is 0 Å². The largest absolute Gasteiger partial charge is 0.394 e. The van der Waals surface area contributed by atoms with Gasteiger partial charge in [-0.25, -0.2) is 0 Å². The maximum absolute atomic E-state index is 11.6. The lowest BCUT2D eigenvalue weighted by molar-refractivity contribution is -0.138. The van der Waals surface area contributed by atoms with Crippen molar-refractivity contribution in [2.75, 3.05) is 18.5 Å². The standard InChI is InChI=1S/C13H19NO5/c1-8-2-4-9(5-3-8)14-6-10(16)12(18)13(19)11(17)7-15/h2-5,11-15,17-19H,6-7H2,1H3/t11-,12-,13+/m1/s1. The fraction of sp³-hybridized carbons (Fsp3) is 0.462. The van der Waals surface area contributed by atoms with Crippen LogP contribution in [0.25, 0.3) is 0 Å². The second-order valence-corrected chi connectivity index (χ2v) is 4.37. The fourth-order valence-electron chi connectivity index (χ4n) is 1.47. The maximum atomic E-state index is 11.6. The molecule has 3 atom stereocenters. The van der Waals surface area contributed by atoms with Crippen molar-refractivity contribution in [2.24, 2.45) is 0 Å². The second kappa shape index (κ2) is 7.20. The number of aliphatic hydroxyl groups is 4. The lowest BCUT2D eigenvalue weighted by Gasteiger charge is -2.20. The van der Waals surface area contributed by atoms with Crippen LogP contribution in [-0.2, 0) is 4.79 Å². The normalized spacial score (nSPS) is 15.6. The van der Waals surface area contributed by atoms with E-state index >= 15 is 0 Å². The molecule has 0 spiro atoms. The van der Waals surface area contributed by atoms with Crippen molar-refractivity contribution in [1.82, 2.24) is 0 Å². The lowest BCUT2D eigenvalue weighted by Crippen LogP contribution is -2.45. The third-order valence-corrected chi connectivity index (χ3v) is 2.75. The van der Waals surface area contributed by atoms with Crippen LogP contribution in [0.1, 0.15) is 5.56 Å². The molecule has 19 heavy (non-hydrogen) atoms. The summed E-state index contributed by atoms with van der Waals surface area (Å²) >= 11 is 0. The Morgan fingerprint density at radius 2 is 1.79 bits per heavy atom. The molecule has 0 heterocycles. The summed E-state index contributed by atoms with van der Waals surface area (Å²) in [5.74, 6) is -0.666. The van der Waals surface area contributed by atoms with Gasteiger partial charge in [-0.3, -0.25) is 4.79 Å². The van der Waals surface area contributed by atoms with Gasteiger partial charge in [-0.2, -0.15) is 0 Å². The Morgan fingerprint density at radius 1 is 1.21 bits per heavy atom. The number of carbonyl (C=O) groups is 1. The maximum Gasteiger partial charge on any atom is 0.182 e. The third-order valence-electron chi connectivity index (χ3n) is 2.75. The molecule has 0 aliphatic rings. The van der Waals surface area contributed by atoms with Gasteiger partial charge in [-0.1, -0.05) is 17.7 Å². The molecular weight excluding hydrogens is 250 g/mol. The Kier molecular flexibility index (Phi) is 5.91. The predicted molar refractivity (Wildman–Crippen MR) is 69.8 cm³/mol. The highest BCUT2D eigenvalue weighted by Crippen LogP contribution is 2.09. The molecule has 1 aromatic rings. The van der Waals surface area contributed by atoms with E-state index in [1.165, 1.54) is 0 Å². The molecule has 5 N–H and O–H groups in total. The van der Waals surface area contributed by atoms with Gasteiger partial charge in [0.2, 0.25) is 0 Å². The van der Waals surface area contributed by atoms with E-state index in [1.807, 2.05) is 19.1 Å². The number of benzene rings is 1. The molecule has 0 aliphatic heterocycles. The number of anilines is 1. The third kappa shape index (κ3) is 4.60.